The summed E-state index contributed by atoms with van der Waals surface area (Å²) in [7, 11) is 1.78. The zero-order valence-corrected chi connectivity index (χ0v) is 11.8. The van der Waals surface area contributed by atoms with E-state index in [-0.39, 0.29) is 24.1 Å². The van der Waals surface area contributed by atoms with Crippen molar-refractivity contribution in [2.75, 3.05) is 44.7 Å². The van der Waals surface area contributed by atoms with Crippen molar-refractivity contribution in [3.8, 4) is 5.75 Å². The van der Waals surface area contributed by atoms with Gasteiger partial charge in [-0.25, -0.2) is 0 Å². The van der Waals surface area contributed by atoms with Gasteiger partial charge in [-0.2, -0.15) is 0 Å². The Kier molecular flexibility index (Phi) is 5.92. The van der Waals surface area contributed by atoms with Crippen LogP contribution in [0.5, 0.6) is 5.75 Å². The number of piperazine rings is 1. The topological polar surface area (TPSA) is 55.8 Å². The molecule has 0 atom stereocenters. The van der Waals surface area contributed by atoms with Gasteiger partial charge in [0.15, 0.2) is 0 Å². The van der Waals surface area contributed by atoms with Crippen molar-refractivity contribution in [1.29, 1.82) is 0 Å². The SMILES string of the molecule is CNCC(=O)N1CCN(c2cccc(O)c2)CC1.Cl. The highest BCUT2D eigenvalue weighted by molar-refractivity contribution is 5.85. The predicted molar refractivity (Wildman–Crippen MR) is 78.1 cm³/mol. The maximum atomic E-state index is 11.7. The molecule has 0 aliphatic carbocycles. The van der Waals surface area contributed by atoms with Gasteiger partial charge in [-0.15, -0.1) is 12.4 Å². The number of hydrogen-bond acceptors (Lipinski definition) is 4. The van der Waals surface area contributed by atoms with Gasteiger partial charge in [-0.05, 0) is 19.2 Å². The fraction of sp³-hybridized carbons (Fsp3) is 0.462. The fourth-order valence-electron chi connectivity index (χ4n) is 2.17. The fourth-order valence-corrected chi connectivity index (χ4v) is 2.17. The molecule has 19 heavy (non-hydrogen) atoms. The van der Waals surface area contributed by atoms with Crippen molar-refractivity contribution in [2.45, 2.75) is 0 Å². The van der Waals surface area contributed by atoms with E-state index < -0.39 is 0 Å². The first-order valence-corrected chi connectivity index (χ1v) is 6.17. The van der Waals surface area contributed by atoms with Gasteiger partial charge in [-0.1, -0.05) is 6.07 Å². The lowest BCUT2D eigenvalue weighted by molar-refractivity contribution is -0.130. The molecule has 1 aliphatic heterocycles. The average molecular weight is 286 g/mol. The number of likely N-dealkylation sites (N-methyl/N-ethyl adjacent to an activating group) is 1. The number of aromatic hydroxyl groups is 1. The molecule has 6 heteroatoms. The Hall–Kier alpha value is -1.46. The van der Waals surface area contributed by atoms with Crippen LogP contribution in [-0.2, 0) is 4.79 Å². The number of carbonyl (C=O) groups is 1. The molecule has 1 amide bonds. The Balaban J connectivity index is 0.00000180. The first-order chi connectivity index (χ1) is 8.70. The molecule has 1 saturated heterocycles. The third-order valence-electron chi connectivity index (χ3n) is 3.16. The minimum atomic E-state index is 0. The van der Waals surface area contributed by atoms with E-state index in [4.69, 9.17) is 0 Å². The number of phenols is 1. The Bertz CT molecular complexity index is 420. The van der Waals surface area contributed by atoms with Crippen LogP contribution >= 0.6 is 12.4 Å². The van der Waals surface area contributed by atoms with Crippen LogP contribution in [0.4, 0.5) is 5.69 Å². The molecule has 5 nitrogen and oxygen atoms in total. The van der Waals surface area contributed by atoms with E-state index in [0.717, 1.165) is 31.9 Å². The smallest absolute Gasteiger partial charge is 0.236 e. The molecule has 0 spiro atoms. The summed E-state index contributed by atoms with van der Waals surface area (Å²) >= 11 is 0. The van der Waals surface area contributed by atoms with Crippen LogP contribution < -0.4 is 10.2 Å². The van der Waals surface area contributed by atoms with Crippen LogP contribution in [0, 0.1) is 0 Å². The first-order valence-electron chi connectivity index (χ1n) is 6.17. The summed E-state index contributed by atoms with van der Waals surface area (Å²) in [4.78, 5) is 15.8. The third-order valence-corrected chi connectivity index (χ3v) is 3.16. The van der Waals surface area contributed by atoms with Crippen LogP contribution in [0.15, 0.2) is 24.3 Å². The average Bonchev–Trinajstić information content (AvgIpc) is 2.39. The molecule has 0 aromatic heterocycles. The number of nitrogens with one attached hydrogen (secondary N) is 1. The van der Waals surface area contributed by atoms with E-state index in [1.807, 2.05) is 17.0 Å². The van der Waals surface area contributed by atoms with Crippen LogP contribution in [0.1, 0.15) is 0 Å². The first kappa shape index (κ1) is 15.6. The molecular weight excluding hydrogens is 266 g/mol. The summed E-state index contributed by atoms with van der Waals surface area (Å²) in [5.41, 5.74) is 1.01. The predicted octanol–water partition coefficient (Wildman–Crippen LogP) is 0.682. The Morgan fingerprint density at radius 1 is 1.32 bits per heavy atom. The molecule has 0 bridgehead atoms. The maximum Gasteiger partial charge on any atom is 0.236 e. The number of phenolic OH excluding ortho intramolecular Hbond substituents is 1. The second kappa shape index (κ2) is 7.21. The van der Waals surface area contributed by atoms with Crippen molar-refractivity contribution >= 4 is 24.0 Å². The molecular formula is C13H20ClN3O2. The summed E-state index contributed by atoms with van der Waals surface area (Å²) in [6.07, 6.45) is 0. The zero-order chi connectivity index (χ0) is 13.0. The van der Waals surface area contributed by atoms with Gasteiger partial charge in [0.25, 0.3) is 0 Å². The highest BCUT2D eigenvalue weighted by atomic mass is 35.5. The van der Waals surface area contributed by atoms with E-state index in [2.05, 4.69) is 10.2 Å². The lowest BCUT2D eigenvalue weighted by Crippen LogP contribution is -2.50. The Morgan fingerprint density at radius 3 is 2.58 bits per heavy atom. The third kappa shape index (κ3) is 4.01. The standard InChI is InChI=1S/C13H19N3O2.ClH/c1-14-10-13(18)16-7-5-15(6-8-16)11-3-2-4-12(17)9-11;/h2-4,9,14,17H,5-8,10H2,1H3;1H. The van der Waals surface area contributed by atoms with Gasteiger partial charge in [0, 0.05) is 37.9 Å². The van der Waals surface area contributed by atoms with Crippen molar-refractivity contribution in [3.63, 3.8) is 0 Å². The lowest BCUT2D eigenvalue weighted by Gasteiger charge is -2.36. The van der Waals surface area contributed by atoms with E-state index >= 15 is 0 Å². The van der Waals surface area contributed by atoms with Crippen molar-refractivity contribution in [2.24, 2.45) is 0 Å². The molecule has 1 fully saturated rings. The summed E-state index contributed by atoms with van der Waals surface area (Å²) in [5.74, 6) is 0.425. The van der Waals surface area contributed by atoms with Gasteiger partial charge >= 0.3 is 0 Å². The van der Waals surface area contributed by atoms with Gasteiger partial charge in [0.05, 0.1) is 6.54 Å². The van der Waals surface area contributed by atoms with Gasteiger partial charge in [0.2, 0.25) is 5.91 Å². The number of benzene rings is 1. The van der Waals surface area contributed by atoms with E-state index in [1.165, 1.54) is 0 Å². The molecule has 106 valence electrons. The van der Waals surface area contributed by atoms with Crippen LogP contribution in [0.25, 0.3) is 0 Å². The summed E-state index contributed by atoms with van der Waals surface area (Å²) in [5, 5.41) is 12.3. The number of anilines is 1. The van der Waals surface area contributed by atoms with E-state index in [9.17, 15) is 9.90 Å². The summed E-state index contributed by atoms with van der Waals surface area (Å²) < 4.78 is 0. The molecule has 1 aliphatic rings. The lowest BCUT2D eigenvalue weighted by atomic mass is 10.2. The Labute approximate surface area is 119 Å². The van der Waals surface area contributed by atoms with E-state index in [1.54, 1.807) is 19.2 Å². The number of halogens is 1. The van der Waals surface area contributed by atoms with Crippen LogP contribution in [-0.4, -0.2) is 55.7 Å². The Morgan fingerprint density at radius 2 is 2.00 bits per heavy atom. The number of amides is 1. The normalized spacial score (nSPS) is 15.0. The van der Waals surface area contributed by atoms with Crippen molar-refractivity contribution < 1.29 is 9.90 Å². The second-order valence-corrected chi connectivity index (χ2v) is 4.42. The molecule has 1 aromatic carbocycles. The van der Waals surface area contributed by atoms with Crippen LogP contribution in [0.3, 0.4) is 0 Å². The van der Waals surface area contributed by atoms with Gasteiger partial charge < -0.3 is 20.2 Å². The molecule has 1 heterocycles. The monoisotopic (exact) mass is 285 g/mol. The minimum absolute atomic E-state index is 0. The summed E-state index contributed by atoms with van der Waals surface area (Å²) in [6, 6.07) is 7.23. The number of carbonyl (C=O) groups excluding carboxylic acids is 1. The van der Waals surface area contributed by atoms with Gasteiger partial charge in [-0.3, -0.25) is 4.79 Å². The molecule has 2 rings (SSSR count). The van der Waals surface area contributed by atoms with Crippen molar-refractivity contribution in [1.82, 2.24) is 10.2 Å². The molecule has 0 saturated carbocycles. The quantitative estimate of drug-likeness (QED) is 0.858. The highest BCUT2D eigenvalue weighted by Gasteiger charge is 2.20. The number of nitrogens with zero attached hydrogens (tertiary/aromatic N) is 2. The molecule has 2 N–H and O–H groups in total. The van der Waals surface area contributed by atoms with Crippen molar-refractivity contribution in [3.05, 3.63) is 24.3 Å². The van der Waals surface area contributed by atoms with E-state index in [0.29, 0.717) is 6.54 Å². The second-order valence-electron chi connectivity index (χ2n) is 4.42. The molecule has 0 unspecified atom stereocenters. The zero-order valence-electron chi connectivity index (χ0n) is 11.0. The van der Waals surface area contributed by atoms with Crippen LogP contribution in [0.2, 0.25) is 0 Å². The molecule has 0 radical (unpaired) electrons. The number of rotatable bonds is 3. The van der Waals surface area contributed by atoms with Gasteiger partial charge in [0.1, 0.15) is 5.75 Å². The highest BCUT2D eigenvalue weighted by Crippen LogP contribution is 2.21. The minimum Gasteiger partial charge on any atom is -0.508 e. The molecule has 1 aromatic rings. The largest absolute Gasteiger partial charge is 0.508 e. The number of hydrogen-bond donors (Lipinski definition) is 2. The maximum absolute atomic E-state index is 11.7. The summed E-state index contributed by atoms with van der Waals surface area (Å²) in [6.45, 7) is 3.47.